The van der Waals surface area contributed by atoms with Crippen molar-refractivity contribution in [3.8, 4) is 0 Å². The highest BCUT2D eigenvalue weighted by Crippen LogP contribution is 2.89. The normalized spacial score (nSPS) is 51.1. The number of carbonyl (C=O) groups excluding carboxylic acids is 2. The van der Waals surface area contributed by atoms with E-state index in [2.05, 4.69) is 44.8 Å². The Labute approximate surface area is 305 Å². The Morgan fingerprint density at radius 2 is 1.78 bits per heavy atom. The molecule has 0 aromatic carbocycles. The molecule has 1 unspecified atom stereocenters. The van der Waals surface area contributed by atoms with Gasteiger partial charge in [-0.3, -0.25) is 14.5 Å². The van der Waals surface area contributed by atoms with Crippen molar-refractivity contribution in [3.63, 3.8) is 0 Å². The van der Waals surface area contributed by atoms with E-state index >= 15 is 0 Å². The number of fused-ring (bicyclic) bond motifs is 4. The summed E-state index contributed by atoms with van der Waals surface area (Å²) in [7, 11) is 0. The number of hydrogen-bond acceptors (Lipinski definition) is 9. The lowest BCUT2D eigenvalue weighted by molar-refractivity contribution is -0.251. The second kappa shape index (κ2) is 12.1. The molecule has 15 atom stereocenters. The molecule has 51 heavy (non-hydrogen) atoms. The molecule has 288 valence electrons. The van der Waals surface area contributed by atoms with Crippen molar-refractivity contribution >= 4 is 11.9 Å². The first kappa shape index (κ1) is 36.7. The van der Waals surface area contributed by atoms with Gasteiger partial charge in [-0.05, 0) is 123 Å². The van der Waals surface area contributed by atoms with E-state index < -0.39 is 29.9 Å². The first-order chi connectivity index (χ1) is 23.9. The van der Waals surface area contributed by atoms with Gasteiger partial charge in [0.1, 0.15) is 0 Å². The number of esters is 1. The molecule has 3 N–H and O–H groups in total. The average molecular weight is 715 g/mol. The minimum absolute atomic E-state index is 0.0157. The van der Waals surface area contributed by atoms with Crippen molar-refractivity contribution in [3.05, 3.63) is 0 Å². The Balaban J connectivity index is 1.01. The molecule has 3 heterocycles. The predicted octanol–water partition coefficient (Wildman–Crippen LogP) is 4.82. The molecule has 3 saturated heterocycles. The summed E-state index contributed by atoms with van der Waals surface area (Å²) in [6.07, 6.45) is 8.10. The summed E-state index contributed by atoms with van der Waals surface area (Å²) in [4.78, 5) is 27.1. The molecule has 5 aliphatic carbocycles. The zero-order valence-corrected chi connectivity index (χ0v) is 32.5. The minimum atomic E-state index is -1.26. The van der Waals surface area contributed by atoms with Crippen LogP contribution in [0, 0.1) is 50.7 Å². The van der Waals surface area contributed by atoms with E-state index in [0.717, 1.165) is 58.0 Å². The van der Waals surface area contributed by atoms with Crippen LogP contribution in [0.5, 0.6) is 0 Å². The highest BCUT2D eigenvalue weighted by atomic mass is 16.7. The Morgan fingerprint density at radius 1 is 1.06 bits per heavy atom. The standard InChI is InChI=1S/C41H66N2O8/c1-23-20-26(34(37(5,6)47)49-24(2)44)50-32-31(23)38(7)15-16-41-22-40(41)14-13-29(36(3,4)27(40)11-12-28(41)39(38,8)33(32)45)51-30-21-43(18-19-48-30)25-10-9-17-42-35(25)46/h23,25-34,45,47H,9-22H2,1-8H3,(H,42,46)/t23-,25-,26-,27+,28+,29+,30+,31?,32+,33+,34+,38-,39-,40-,41+/m1/s1. The maximum absolute atomic E-state index is 12.7. The van der Waals surface area contributed by atoms with Crippen molar-refractivity contribution in [2.45, 2.75) is 168 Å². The Kier molecular flexibility index (Phi) is 8.70. The van der Waals surface area contributed by atoms with Crippen LogP contribution in [0.2, 0.25) is 0 Å². The number of hydrogen-bond donors (Lipinski definition) is 3. The summed E-state index contributed by atoms with van der Waals surface area (Å²) in [5.74, 6) is 1.14. The van der Waals surface area contributed by atoms with Crippen molar-refractivity contribution in [1.29, 1.82) is 0 Å². The van der Waals surface area contributed by atoms with Crippen LogP contribution in [0.3, 0.4) is 0 Å². The van der Waals surface area contributed by atoms with Crippen LogP contribution < -0.4 is 5.32 Å². The monoisotopic (exact) mass is 714 g/mol. The molecule has 5 saturated carbocycles. The lowest BCUT2D eigenvalue weighted by atomic mass is 9.41. The second-order valence-electron chi connectivity index (χ2n) is 20.1. The largest absolute Gasteiger partial charge is 0.457 e. The number of piperidine rings is 1. The zero-order valence-electron chi connectivity index (χ0n) is 32.5. The number of carbonyl (C=O) groups is 2. The number of amides is 1. The third kappa shape index (κ3) is 5.14. The Bertz CT molecular complexity index is 1400. The van der Waals surface area contributed by atoms with Crippen LogP contribution >= 0.6 is 0 Å². The predicted molar refractivity (Wildman–Crippen MR) is 190 cm³/mol. The average Bonchev–Trinajstić information content (AvgIpc) is 3.69. The van der Waals surface area contributed by atoms with E-state index in [1.165, 1.54) is 19.8 Å². The van der Waals surface area contributed by atoms with E-state index in [1.54, 1.807) is 13.8 Å². The highest BCUT2D eigenvalue weighted by molar-refractivity contribution is 5.82. The number of rotatable bonds is 6. The fourth-order valence-electron chi connectivity index (χ4n) is 14.9. The molecule has 10 nitrogen and oxygen atoms in total. The van der Waals surface area contributed by atoms with Crippen LogP contribution in [0.4, 0.5) is 0 Å². The molecule has 1 amide bonds. The topological polar surface area (TPSA) is 127 Å². The number of aliphatic hydroxyl groups is 2. The van der Waals surface area contributed by atoms with Crippen molar-refractivity contribution in [2.75, 3.05) is 26.2 Å². The van der Waals surface area contributed by atoms with Crippen LogP contribution in [0.15, 0.2) is 0 Å². The van der Waals surface area contributed by atoms with Crippen molar-refractivity contribution in [1.82, 2.24) is 10.2 Å². The fourth-order valence-corrected chi connectivity index (χ4v) is 14.9. The maximum atomic E-state index is 12.7. The second-order valence-corrected chi connectivity index (χ2v) is 20.1. The molecule has 0 bridgehead atoms. The SMILES string of the molecule is CC(=O)O[C@@H]([C@H]1C[C@@H](C)C2[C@H](O1)[C@H](O)[C@@]1(C)[C@@H]3CC[C@H]4C(C)(C)[C@@H](O[C@H]5CN([C@@H]6CCCNC6=O)CCO5)CC[C@@]45C[C@@]35CC[C@]21C)C(C)(C)O. The van der Waals surface area contributed by atoms with Crippen LogP contribution in [-0.4, -0.2) is 102 Å². The van der Waals surface area contributed by atoms with E-state index in [-0.39, 0.29) is 69.4 Å². The third-order valence-corrected chi connectivity index (χ3v) is 17.2. The fraction of sp³-hybridized carbons (Fsp3) is 0.951. The van der Waals surface area contributed by atoms with Gasteiger partial charge in [0.15, 0.2) is 12.4 Å². The summed E-state index contributed by atoms with van der Waals surface area (Å²) < 4.78 is 25.7. The quantitative estimate of drug-likeness (QED) is 0.332. The van der Waals surface area contributed by atoms with Gasteiger partial charge < -0.3 is 34.5 Å². The lowest BCUT2D eigenvalue weighted by Crippen LogP contribution is -2.60. The Morgan fingerprint density at radius 3 is 2.49 bits per heavy atom. The van der Waals surface area contributed by atoms with Gasteiger partial charge in [0.25, 0.3) is 0 Å². The molecule has 2 spiro atoms. The molecule has 8 rings (SSSR count). The van der Waals surface area contributed by atoms with E-state index in [4.69, 9.17) is 18.9 Å². The van der Waals surface area contributed by atoms with Gasteiger partial charge in [-0.15, -0.1) is 0 Å². The van der Waals surface area contributed by atoms with E-state index in [1.807, 2.05) is 0 Å². The van der Waals surface area contributed by atoms with Crippen molar-refractivity contribution < 1.29 is 38.7 Å². The van der Waals surface area contributed by atoms with E-state index in [0.29, 0.717) is 31.4 Å². The van der Waals surface area contributed by atoms with Gasteiger partial charge in [-0.25, -0.2) is 0 Å². The minimum Gasteiger partial charge on any atom is -0.457 e. The van der Waals surface area contributed by atoms with Crippen molar-refractivity contribution in [2.24, 2.45) is 50.7 Å². The zero-order chi connectivity index (χ0) is 36.5. The molecule has 3 aliphatic heterocycles. The Hall–Kier alpha value is -1.30. The molecular formula is C41H66N2O8. The van der Waals surface area contributed by atoms with Gasteiger partial charge in [-0.1, -0.05) is 34.6 Å². The summed E-state index contributed by atoms with van der Waals surface area (Å²) in [5, 5.41) is 26.7. The van der Waals surface area contributed by atoms with E-state index in [9.17, 15) is 19.8 Å². The van der Waals surface area contributed by atoms with Crippen LogP contribution in [0.25, 0.3) is 0 Å². The highest BCUT2D eigenvalue weighted by Gasteiger charge is 2.84. The lowest BCUT2D eigenvalue weighted by Gasteiger charge is -2.64. The summed E-state index contributed by atoms with van der Waals surface area (Å²) in [6.45, 7) is 19.5. The summed E-state index contributed by atoms with van der Waals surface area (Å²) in [5.41, 5.74) is -1.16. The number of ether oxygens (including phenoxy) is 4. The van der Waals surface area contributed by atoms with Gasteiger partial charge in [0, 0.05) is 25.4 Å². The summed E-state index contributed by atoms with van der Waals surface area (Å²) in [6, 6.07) is -0.0813. The molecule has 0 aromatic heterocycles. The molecule has 0 aromatic rings. The van der Waals surface area contributed by atoms with Crippen LogP contribution in [-0.2, 0) is 28.5 Å². The molecular weight excluding hydrogens is 648 g/mol. The van der Waals surface area contributed by atoms with Gasteiger partial charge >= 0.3 is 5.97 Å². The summed E-state index contributed by atoms with van der Waals surface area (Å²) >= 11 is 0. The van der Waals surface area contributed by atoms with Gasteiger partial charge in [-0.2, -0.15) is 0 Å². The number of nitrogens with one attached hydrogen (secondary N) is 1. The maximum Gasteiger partial charge on any atom is 0.303 e. The number of aliphatic hydroxyl groups excluding tert-OH is 1. The molecule has 0 radical (unpaired) electrons. The van der Waals surface area contributed by atoms with Gasteiger partial charge in [0.05, 0.1) is 49.2 Å². The van der Waals surface area contributed by atoms with Gasteiger partial charge in [0.2, 0.25) is 5.91 Å². The molecule has 8 aliphatic rings. The molecule has 10 heteroatoms. The van der Waals surface area contributed by atoms with Crippen LogP contribution in [0.1, 0.15) is 120 Å². The first-order valence-corrected chi connectivity index (χ1v) is 20.4. The first-order valence-electron chi connectivity index (χ1n) is 20.4. The number of morpholine rings is 1. The molecule has 8 fully saturated rings. The third-order valence-electron chi connectivity index (χ3n) is 17.2. The number of nitrogens with zero attached hydrogens (tertiary/aromatic N) is 1. The smallest absolute Gasteiger partial charge is 0.303 e.